The number of nitrogens with one attached hydrogen (secondary N) is 1. The topological polar surface area (TPSA) is 47.3 Å². The van der Waals surface area contributed by atoms with Crippen molar-refractivity contribution in [3.05, 3.63) is 42.2 Å². The molecule has 0 aliphatic carbocycles. The van der Waals surface area contributed by atoms with Gasteiger partial charge in [0.05, 0.1) is 12.2 Å². The molecular formula is C13H15FN2O2. The zero-order valence-electron chi connectivity index (χ0n) is 10.1. The van der Waals surface area contributed by atoms with Gasteiger partial charge >= 0.3 is 0 Å². The smallest absolute Gasteiger partial charge is 0.181 e. The first-order chi connectivity index (χ1) is 8.83. The van der Waals surface area contributed by atoms with Crippen molar-refractivity contribution in [1.29, 1.82) is 0 Å². The predicted molar refractivity (Wildman–Crippen MR) is 65.5 cm³/mol. The Morgan fingerprint density at radius 2 is 2.22 bits per heavy atom. The molecule has 2 aromatic rings. The van der Waals surface area contributed by atoms with Gasteiger partial charge in [0.25, 0.3) is 0 Å². The molecule has 0 atom stereocenters. The van der Waals surface area contributed by atoms with Crippen molar-refractivity contribution in [2.24, 2.45) is 0 Å². The summed E-state index contributed by atoms with van der Waals surface area (Å²) in [5.74, 6) is 0.158. The highest BCUT2D eigenvalue weighted by Gasteiger charge is 2.13. The number of oxazole rings is 1. The van der Waals surface area contributed by atoms with Gasteiger partial charge in [0.2, 0.25) is 0 Å². The molecule has 5 heteroatoms. The summed E-state index contributed by atoms with van der Waals surface area (Å²) in [6.07, 6.45) is 1.33. The van der Waals surface area contributed by atoms with Crippen LogP contribution in [0.25, 0.3) is 11.3 Å². The molecule has 1 N–H and O–H groups in total. The fraction of sp³-hybridized carbons (Fsp3) is 0.308. The molecule has 0 spiro atoms. The number of rotatable bonds is 6. The first kappa shape index (κ1) is 12.7. The van der Waals surface area contributed by atoms with Crippen molar-refractivity contribution in [3.63, 3.8) is 0 Å². The summed E-state index contributed by atoms with van der Waals surface area (Å²) in [4.78, 5) is 4.09. The van der Waals surface area contributed by atoms with Crippen LogP contribution in [0.3, 0.4) is 0 Å². The monoisotopic (exact) mass is 250 g/mol. The second-order valence-corrected chi connectivity index (χ2v) is 3.78. The third kappa shape index (κ3) is 2.94. The van der Waals surface area contributed by atoms with Gasteiger partial charge in [-0.2, -0.15) is 0 Å². The Hall–Kier alpha value is -1.72. The van der Waals surface area contributed by atoms with Crippen molar-refractivity contribution in [2.45, 2.75) is 6.54 Å². The van der Waals surface area contributed by atoms with Crippen LogP contribution < -0.4 is 5.32 Å². The maximum Gasteiger partial charge on any atom is 0.181 e. The molecular weight excluding hydrogens is 235 g/mol. The lowest BCUT2D eigenvalue weighted by Gasteiger charge is -2.04. The molecule has 0 aliphatic heterocycles. The van der Waals surface area contributed by atoms with Gasteiger partial charge in [-0.3, -0.25) is 0 Å². The molecule has 1 aromatic heterocycles. The highest BCUT2D eigenvalue weighted by molar-refractivity contribution is 5.60. The molecule has 1 heterocycles. The van der Waals surface area contributed by atoms with Gasteiger partial charge in [0.1, 0.15) is 11.5 Å². The highest BCUT2D eigenvalue weighted by atomic mass is 19.1. The average Bonchev–Trinajstić information content (AvgIpc) is 2.83. The molecule has 0 saturated carbocycles. The van der Waals surface area contributed by atoms with Gasteiger partial charge in [-0.15, -0.1) is 0 Å². The quantitative estimate of drug-likeness (QED) is 0.798. The first-order valence-electron chi connectivity index (χ1n) is 5.70. The largest absolute Gasteiger partial charge is 0.443 e. The van der Waals surface area contributed by atoms with E-state index in [1.807, 2.05) is 0 Å². The molecule has 1 aromatic carbocycles. The number of hydrogen-bond donors (Lipinski definition) is 1. The third-order valence-electron chi connectivity index (χ3n) is 2.54. The molecule has 0 unspecified atom stereocenters. The van der Waals surface area contributed by atoms with Crippen molar-refractivity contribution >= 4 is 0 Å². The van der Waals surface area contributed by atoms with E-state index < -0.39 is 0 Å². The standard InChI is InChI=1S/C13H15FN2O2/c1-17-7-6-15-8-12-13(18-9-16-12)10-4-2-3-5-11(10)14/h2-5,9,15H,6-8H2,1H3. The van der Waals surface area contributed by atoms with Crippen molar-refractivity contribution in [3.8, 4) is 11.3 Å². The van der Waals surface area contributed by atoms with E-state index in [-0.39, 0.29) is 5.82 Å². The lowest BCUT2D eigenvalue weighted by atomic mass is 10.1. The highest BCUT2D eigenvalue weighted by Crippen LogP contribution is 2.25. The van der Waals surface area contributed by atoms with E-state index in [1.165, 1.54) is 12.5 Å². The van der Waals surface area contributed by atoms with Gasteiger partial charge in [-0.25, -0.2) is 9.37 Å². The zero-order chi connectivity index (χ0) is 12.8. The van der Waals surface area contributed by atoms with Gasteiger partial charge < -0.3 is 14.5 Å². The second kappa shape index (κ2) is 6.28. The number of methoxy groups -OCH3 is 1. The molecule has 96 valence electrons. The first-order valence-corrected chi connectivity index (χ1v) is 5.70. The minimum absolute atomic E-state index is 0.313. The van der Waals surface area contributed by atoms with E-state index in [4.69, 9.17) is 9.15 Å². The molecule has 0 aliphatic rings. The van der Waals surface area contributed by atoms with Crippen molar-refractivity contribution in [2.75, 3.05) is 20.3 Å². The third-order valence-corrected chi connectivity index (χ3v) is 2.54. The summed E-state index contributed by atoms with van der Waals surface area (Å²) in [6.45, 7) is 1.84. The Bertz CT molecular complexity index is 499. The average molecular weight is 250 g/mol. The molecule has 4 nitrogen and oxygen atoms in total. The summed E-state index contributed by atoms with van der Waals surface area (Å²) in [5.41, 5.74) is 1.12. The van der Waals surface area contributed by atoms with Crippen LogP contribution >= 0.6 is 0 Å². The van der Waals surface area contributed by atoms with E-state index in [2.05, 4.69) is 10.3 Å². The summed E-state index contributed by atoms with van der Waals surface area (Å²) in [5, 5.41) is 3.15. The zero-order valence-corrected chi connectivity index (χ0v) is 10.1. The van der Waals surface area contributed by atoms with Crippen molar-refractivity contribution < 1.29 is 13.5 Å². The van der Waals surface area contributed by atoms with E-state index >= 15 is 0 Å². The Kier molecular flexibility index (Phi) is 4.44. The maximum absolute atomic E-state index is 13.6. The number of hydrogen-bond acceptors (Lipinski definition) is 4. The second-order valence-electron chi connectivity index (χ2n) is 3.78. The van der Waals surface area contributed by atoms with E-state index in [1.54, 1.807) is 25.3 Å². The minimum Gasteiger partial charge on any atom is -0.443 e. The lowest BCUT2D eigenvalue weighted by molar-refractivity contribution is 0.199. The fourth-order valence-electron chi connectivity index (χ4n) is 1.64. The van der Waals surface area contributed by atoms with E-state index in [9.17, 15) is 4.39 Å². The van der Waals surface area contributed by atoms with Crippen LogP contribution in [0, 0.1) is 5.82 Å². The number of aromatic nitrogens is 1. The fourth-order valence-corrected chi connectivity index (χ4v) is 1.64. The van der Waals surface area contributed by atoms with Crippen LogP contribution in [-0.4, -0.2) is 25.2 Å². The van der Waals surface area contributed by atoms with Gasteiger partial charge in [0, 0.05) is 20.2 Å². The summed E-state index contributed by atoms with van der Waals surface area (Å²) in [7, 11) is 1.64. The normalized spacial score (nSPS) is 10.8. The van der Waals surface area contributed by atoms with Gasteiger partial charge in [0.15, 0.2) is 12.2 Å². The maximum atomic E-state index is 13.6. The number of halogens is 1. The molecule has 18 heavy (non-hydrogen) atoms. The SMILES string of the molecule is COCCNCc1ncoc1-c1ccccc1F. The molecule has 0 saturated heterocycles. The molecule has 0 fully saturated rings. The predicted octanol–water partition coefficient (Wildman–Crippen LogP) is 2.22. The van der Waals surface area contributed by atoms with E-state index in [0.29, 0.717) is 36.7 Å². The van der Waals surface area contributed by atoms with Gasteiger partial charge in [-0.05, 0) is 12.1 Å². The van der Waals surface area contributed by atoms with Crippen LogP contribution in [-0.2, 0) is 11.3 Å². The molecule has 0 radical (unpaired) electrons. The van der Waals surface area contributed by atoms with Crippen LogP contribution in [0.15, 0.2) is 35.1 Å². The molecule has 0 amide bonds. The molecule has 2 rings (SSSR count). The Morgan fingerprint density at radius 3 is 3.00 bits per heavy atom. The van der Waals surface area contributed by atoms with Crippen LogP contribution in [0.5, 0.6) is 0 Å². The Labute approximate surface area is 105 Å². The number of benzene rings is 1. The van der Waals surface area contributed by atoms with Crippen LogP contribution in [0.1, 0.15) is 5.69 Å². The van der Waals surface area contributed by atoms with Crippen LogP contribution in [0.2, 0.25) is 0 Å². The lowest BCUT2D eigenvalue weighted by Crippen LogP contribution is -2.19. The number of ether oxygens (including phenoxy) is 1. The summed E-state index contributed by atoms with van der Waals surface area (Å²) < 4.78 is 23.8. The van der Waals surface area contributed by atoms with E-state index in [0.717, 1.165) is 0 Å². The number of nitrogens with zero attached hydrogens (tertiary/aromatic N) is 1. The van der Waals surface area contributed by atoms with Gasteiger partial charge in [-0.1, -0.05) is 12.1 Å². The van der Waals surface area contributed by atoms with Crippen molar-refractivity contribution in [1.82, 2.24) is 10.3 Å². The minimum atomic E-state index is -0.313. The molecule has 0 bridgehead atoms. The summed E-state index contributed by atoms with van der Waals surface area (Å²) in [6, 6.07) is 6.49. The Balaban J connectivity index is 2.10. The van der Waals surface area contributed by atoms with Crippen LogP contribution in [0.4, 0.5) is 4.39 Å². The summed E-state index contributed by atoms with van der Waals surface area (Å²) >= 11 is 0. The Morgan fingerprint density at radius 1 is 1.39 bits per heavy atom.